The maximum Gasteiger partial charge on any atom is 0.416 e. The van der Waals surface area contributed by atoms with Crippen LogP contribution in [0.4, 0.5) is 18.0 Å². The number of amides is 1. The van der Waals surface area contributed by atoms with E-state index in [0.717, 1.165) is 6.07 Å². The molecule has 0 unspecified atom stereocenters. The topological polar surface area (TPSA) is 64.3 Å². The molecule has 0 aromatic heterocycles. The summed E-state index contributed by atoms with van der Waals surface area (Å²) in [6, 6.07) is 5.29. The number of primary amides is 1. The highest BCUT2D eigenvalue weighted by atomic mass is 19.4. The van der Waals surface area contributed by atoms with Gasteiger partial charge in [0.05, 0.1) is 5.56 Å². The third-order valence-corrected chi connectivity index (χ3v) is 4.11. The van der Waals surface area contributed by atoms with Gasteiger partial charge in [0.15, 0.2) is 0 Å². The van der Waals surface area contributed by atoms with Crippen molar-refractivity contribution in [3.05, 3.63) is 35.4 Å². The van der Waals surface area contributed by atoms with Crippen LogP contribution in [-0.2, 0) is 10.9 Å². The summed E-state index contributed by atoms with van der Waals surface area (Å²) >= 11 is 0. The van der Waals surface area contributed by atoms with Crippen LogP contribution in [0.15, 0.2) is 24.3 Å². The molecule has 1 aliphatic carbocycles. The number of carbonyl (C=O) groups excluding carboxylic acids is 1. The first-order valence-electron chi connectivity index (χ1n) is 7.11. The lowest BCUT2D eigenvalue weighted by Gasteiger charge is -2.35. The number of alkyl halides is 3. The Morgan fingerprint density at radius 3 is 2.68 bits per heavy atom. The van der Waals surface area contributed by atoms with Gasteiger partial charge in [-0.2, -0.15) is 13.2 Å². The second-order valence-corrected chi connectivity index (χ2v) is 5.50. The van der Waals surface area contributed by atoms with Gasteiger partial charge in [-0.25, -0.2) is 4.79 Å². The minimum Gasteiger partial charge on any atom is -0.445 e. The highest BCUT2D eigenvalue weighted by Crippen LogP contribution is 2.37. The number of hydrogen-bond acceptors (Lipinski definition) is 3. The molecule has 0 spiro atoms. The molecule has 122 valence electrons. The van der Waals surface area contributed by atoms with Gasteiger partial charge in [-0.1, -0.05) is 18.2 Å². The van der Waals surface area contributed by atoms with E-state index in [2.05, 4.69) is 5.32 Å². The molecule has 22 heavy (non-hydrogen) atoms. The number of nitrogens with one attached hydrogen (secondary N) is 1. The zero-order valence-corrected chi connectivity index (χ0v) is 12.2. The van der Waals surface area contributed by atoms with Gasteiger partial charge >= 0.3 is 12.3 Å². The van der Waals surface area contributed by atoms with Crippen LogP contribution in [0.25, 0.3) is 0 Å². The van der Waals surface area contributed by atoms with Crippen LogP contribution in [0.5, 0.6) is 0 Å². The quantitative estimate of drug-likeness (QED) is 0.901. The van der Waals surface area contributed by atoms with Crippen LogP contribution in [0, 0.1) is 0 Å². The summed E-state index contributed by atoms with van der Waals surface area (Å²) in [5.41, 5.74) is 5.06. The summed E-state index contributed by atoms with van der Waals surface area (Å²) in [6.45, 7) is 0. The van der Waals surface area contributed by atoms with E-state index in [1.54, 1.807) is 13.1 Å². The molecule has 0 radical (unpaired) electrons. The van der Waals surface area contributed by atoms with Crippen molar-refractivity contribution in [3.8, 4) is 0 Å². The fraction of sp³-hybridized carbons (Fsp3) is 0.533. The predicted octanol–water partition coefficient (Wildman–Crippen LogP) is 3.02. The SMILES string of the molecule is CN[C@H]1C[C@@H](c2cccc(C(F)(F)F)c2)CC[C@@H]1OC(N)=O. The largest absolute Gasteiger partial charge is 0.445 e. The Labute approximate surface area is 126 Å². The molecule has 1 amide bonds. The van der Waals surface area contributed by atoms with Crippen molar-refractivity contribution in [2.45, 2.75) is 43.5 Å². The molecule has 1 fully saturated rings. The maximum absolute atomic E-state index is 12.8. The van der Waals surface area contributed by atoms with Gasteiger partial charge in [-0.05, 0) is 43.9 Å². The molecule has 0 saturated heterocycles. The number of likely N-dealkylation sites (N-methyl/N-ethyl adjacent to an activating group) is 1. The van der Waals surface area contributed by atoms with E-state index in [1.807, 2.05) is 0 Å². The van der Waals surface area contributed by atoms with Crippen molar-refractivity contribution < 1.29 is 22.7 Å². The number of rotatable bonds is 3. The van der Waals surface area contributed by atoms with Crippen LogP contribution in [0.1, 0.15) is 36.3 Å². The van der Waals surface area contributed by atoms with Crippen molar-refractivity contribution in [2.24, 2.45) is 5.73 Å². The fourth-order valence-corrected chi connectivity index (χ4v) is 3.01. The Morgan fingerprint density at radius 1 is 1.36 bits per heavy atom. The smallest absolute Gasteiger partial charge is 0.416 e. The third-order valence-electron chi connectivity index (χ3n) is 4.11. The summed E-state index contributed by atoms with van der Waals surface area (Å²) in [5, 5.41) is 3.05. The summed E-state index contributed by atoms with van der Waals surface area (Å²) in [7, 11) is 1.73. The van der Waals surface area contributed by atoms with Crippen LogP contribution in [-0.4, -0.2) is 25.3 Å². The Hall–Kier alpha value is -1.76. The van der Waals surface area contributed by atoms with Crippen LogP contribution in [0.3, 0.4) is 0 Å². The first-order chi connectivity index (χ1) is 10.3. The van der Waals surface area contributed by atoms with Crippen molar-refractivity contribution in [2.75, 3.05) is 7.05 Å². The molecule has 1 aromatic carbocycles. The van der Waals surface area contributed by atoms with Crippen molar-refractivity contribution in [1.82, 2.24) is 5.32 Å². The van der Waals surface area contributed by atoms with Crippen LogP contribution >= 0.6 is 0 Å². The molecule has 2 rings (SSSR count). The average molecular weight is 316 g/mol. The van der Waals surface area contributed by atoms with Gasteiger partial charge < -0.3 is 15.8 Å². The minimum atomic E-state index is -4.34. The minimum absolute atomic E-state index is 0.00697. The second kappa shape index (κ2) is 6.56. The molecule has 7 heteroatoms. The summed E-state index contributed by atoms with van der Waals surface area (Å²) in [5.74, 6) is -0.00697. The molecular weight excluding hydrogens is 297 g/mol. The van der Waals surface area contributed by atoms with E-state index < -0.39 is 17.8 Å². The molecule has 4 nitrogen and oxygen atoms in total. The first-order valence-corrected chi connectivity index (χ1v) is 7.11. The summed E-state index contributed by atoms with van der Waals surface area (Å²) in [4.78, 5) is 10.9. The number of nitrogens with two attached hydrogens (primary N) is 1. The Balaban J connectivity index is 2.13. The van der Waals surface area contributed by atoms with Gasteiger partial charge in [-0.3, -0.25) is 0 Å². The van der Waals surface area contributed by atoms with Crippen molar-refractivity contribution >= 4 is 6.09 Å². The van der Waals surface area contributed by atoms with Gasteiger partial charge in [0.1, 0.15) is 6.10 Å². The molecule has 0 aliphatic heterocycles. The number of ether oxygens (including phenoxy) is 1. The van der Waals surface area contributed by atoms with Crippen molar-refractivity contribution in [1.29, 1.82) is 0 Å². The highest BCUT2D eigenvalue weighted by Gasteiger charge is 2.34. The molecule has 0 bridgehead atoms. The van der Waals surface area contributed by atoms with E-state index in [4.69, 9.17) is 10.5 Å². The Morgan fingerprint density at radius 2 is 2.09 bits per heavy atom. The van der Waals surface area contributed by atoms with Gasteiger partial charge in [-0.15, -0.1) is 0 Å². The lowest BCUT2D eigenvalue weighted by atomic mass is 9.79. The standard InChI is InChI=1S/C15H19F3N2O2/c1-20-12-8-10(5-6-13(12)22-14(19)21)9-3-2-4-11(7-9)15(16,17)18/h2-4,7,10,12-13,20H,5-6,8H2,1H3,(H2,19,21)/t10-,12-,13-/m0/s1. The number of benzene rings is 1. The van der Waals surface area contributed by atoms with Crippen molar-refractivity contribution in [3.63, 3.8) is 0 Å². The van der Waals surface area contributed by atoms with E-state index in [9.17, 15) is 18.0 Å². The van der Waals surface area contributed by atoms with Gasteiger partial charge in [0.2, 0.25) is 0 Å². The second-order valence-electron chi connectivity index (χ2n) is 5.50. The molecule has 1 aromatic rings. The highest BCUT2D eigenvalue weighted by molar-refractivity contribution is 5.64. The molecule has 3 N–H and O–H groups in total. The molecule has 0 heterocycles. The van der Waals surface area contributed by atoms with Gasteiger partial charge in [0.25, 0.3) is 0 Å². The lowest BCUT2D eigenvalue weighted by Crippen LogP contribution is -2.45. The summed E-state index contributed by atoms with van der Waals surface area (Å²) < 4.78 is 43.5. The maximum atomic E-state index is 12.8. The molecule has 1 saturated carbocycles. The predicted molar refractivity (Wildman–Crippen MR) is 75.3 cm³/mol. The van der Waals surface area contributed by atoms with E-state index in [1.165, 1.54) is 12.1 Å². The zero-order valence-electron chi connectivity index (χ0n) is 12.2. The average Bonchev–Trinajstić information content (AvgIpc) is 2.46. The third kappa shape index (κ3) is 3.91. The Kier molecular flexibility index (Phi) is 4.95. The zero-order chi connectivity index (χ0) is 16.3. The van der Waals surface area contributed by atoms with E-state index in [0.29, 0.717) is 24.8 Å². The molecule has 1 aliphatic rings. The van der Waals surface area contributed by atoms with Crippen LogP contribution in [0.2, 0.25) is 0 Å². The normalized spacial score (nSPS) is 25.7. The Bertz CT molecular complexity index is 534. The van der Waals surface area contributed by atoms with Crippen LogP contribution < -0.4 is 11.1 Å². The summed E-state index contributed by atoms with van der Waals surface area (Å²) in [6.07, 6.45) is -3.71. The van der Waals surface area contributed by atoms with E-state index in [-0.39, 0.29) is 18.1 Å². The molecular formula is C15H19F3N2O2. The number of carbonyl (C=O) groups is 1. The molecule has 3 atom stereocenters. The van der Waals surface area contributed by atoms with E-state index >= 15 is 0 Å². The first kappa shape index (κ1) is 16.6. The fourth-order valence-electron chi connectivity index (χ4n) is 3.01. The number of hydrogen-bond donors (Lipinski definition) is 2. The lowest BCUT2D eigenvalue weighted by molar-refractivity contribution is -0.137. The van der Waals surface area contributed by atoms with Gasteiger partial charge in [0, 0.05) is 6.04 Å². The monoisotopic (exact) mass is 316 g/mol. The number of halogens is 3.